The van der Waals surface area contributed by atoms with Crippen molar-refractivity contribution < 1.29 is 4.79 Å². The molecule has 2 heterocycles. The maximum Gasteiger partial charge on any atom is 0.239 e. The molecule has 1 aromatic heterocycles. The molecule has 116 valence electrons. The van der Waals surface area contributed by atoms with Crippen LogP contribution >= 0.6 is 11.6 Å². The first-order valence-corrected chi connectivity index (χ1v) is 7.81. The quantitative estimate of drug-likeness (QED) is 0.920. The Kier molecular flexibility index (Phi) is 5.42. The summed E-state index contributed by atoms with van der Waals surface area (Å²) in [5.74, 6) is 0.273. The molecule has 1 amide bonds. The highest BCUT2D eigenvalue weighted by atomic mass is 35.5. The molecule has 2 N–H and O–H groups in total. The highest BCUT2D eigenvalue weighted by Gasteiger charge is 2.28. The van der Waals surface area contributed by atoms with Crippen LogP contribution in [0.5, 0.6) is 0 Å². The topological polar surface area (TPSA) is 62.5 Å². The second-order valence-corrected chi connectivity index (χ2v) is 5.96. The minimum absolute atomic E-state index is 0.0600. The molecule has 5 nitrogen and oxygen atoms in total. The molecule has 2 unspecified atom stereocenters. The lowest BCUT2D eigenvalue weighted by molar-refractivity contribution is -0.134. The predicted molar refractivity (Wildman–Crippen MR) is 85.5 cm³/mol. The normalized spacial score (nSPS) is 18.5. The van der Waals surface area contributed by atoms with Gasteiger partial charge in [0.15, 0.2) is 0 Å². The van der Waals surface area contributed by atoms with Gasteiger partial charge in [0.05, 0.1) is 16.8 Å². The van der Waals surface area contributed by atoms with E-state index in [1.54, 1.807) is 12.4 Å². The Labute approximate surface area is 131 Å². The highest BCUT2D eigenvalue weighted by molar-refractivity contribution is 6.33. The number of nitrogens with zero attached hydrogens (tertiary/aromatic N) is 3. The van der Waals surface area contributed by atoms with Crippen LogP contribution in [0.25, 0.3) is 0 Å². The van der Waals surface area contributed by atoms with E-state index in [2.05, 4.69) is 16.8 Å². The summed E-state index contributed by atoms with van der Waals surface area (Å²) in [7, 11) is 0. The number of piperazine rings is 1. The standard InChI is InChI=1S/C15H23ClN4O/c1-3-11(2)14(17)15(21)20-8-6-19(7-9-20)13-4-5-18-10-12(13)16/h4-5,10-11,14H,3,6-9,17H2,1-2H3. The Morgan fingerprint density at radius 2 is 2.10 bits per heavy atom. The van der Waals surface area contributed by atoms with Crippen molar-refractivity contribution in [1.29, 1.82) is 0 Å². The molecular weight excluding hydrogens is 288 g/mol. The zero-order valence-electron chi connectivity index (χ0n) is 12.6. The van der Waals surface area contributed by atoms with Crippen molar-refractivity contribution in [1.82, 2.24) is 9.88 Å². The molecule has 1 aromatic rings. The van der Waals surface area contributed by atoms with E-state index in [-0.39, 0.29) is 11.8 Å². The van der Waals surface area contributed by atoms with Gasteiger partial charge in [-0.1, -0.05) is 31.9 Å². The summed E-state index contributed by atoms with van der Waals surface area (Å²) in [6, 6.07) is 1.51. The molecule has 21 heavy (non-hydrogen) atoms. The van der Waals surface area contributed by atoms with Crippen molar-refractivity contribution in [3.8, 4) is 0 Å². The summed E-state index contributed by atoms with van der Waals surface area (Å²) in [4.78, 5) is 20.4. The minimum Gasteiger partial charge on any atom is -0.367 e. The van der Waals surface area contributed by atoms with E-state index in [0.717, 1.165) is 25.2 Å². The third-order valence-electron chi connectivity index (χ3n) is 4.23. The van der Waals surface area contributed by atoms with Gasteiger partial charge in [0.25, 0.3) is 0 Å². The second-order valence-electron chi connectivity index (χ2n) is 5.55. The van der Waals surface area contributed by atoms with Crippen LogP contribution in [-0.4, -0.2) is 48.0 Å². The van der Waals surface area contributed by atoms with Crippen LogP contribution in [0.3, 0.4) is 0 Å². The van der Waals surface area contributed by atoms with Gasteiger partial charge >= 0.3 is 0 Å². The number of pyridine rings is 1. The van der Waals surface area contributed by atoms with E-state index in [0.29, 0.717) is 18.1 Å². The number of carbonyl (C=O) groups is 1. The Morgan fingerprint density at radius 3 is 2.67 bits per heavy atom. The van der Waals surface area contributed by atoms with Crippen LogP contribution in [0.15, 0.2) is 18.5 Å². The summed E-state index contributed by atoms with van der Waals surface area (Å²) in [6.07, 6.45) is 4.30. The second kappa shape index (κ2) is 7.09. The first-order chi connectivity index (χ1) is 10.0. The van der Waals surface area contributed by atoms with Crippen molar-refractivity contribution in [2.24, 2.45) is 11.7 Å². The lowest BCUT2D eigenvalue weighted by Crippen LogP contribution is -2.54. The Morgan fingerprint density at radius 1 is 1.43 bits per heavy atom. The summed E-state index contributed by atoms with van der Waals surface area (Å²) in [5, 5.41) is 0.647. The van der Waals surface area contributed by atoms with E-state index in [1.807, 2.05) is 17.9 Å². The summed E-state index contributed by atoms with van der Waals surface area (Å²) >= 11 is 6.16. The van der Waals surface area contributed by atoms with E-state index >= 15 is 0 Å². The number of carbonyl (C=O) groups excluding carboxylic acids is 1. The largest absolute Gasteiger partial charge is 0.367 e. The van der Waals surface area contributed by atoms with Gasteiger partial charge in [-0.15, -0.1) is 0 Å². The lowest BCUT2D eigenvalue weighted by atomic mass is 9.98. The fourth-order valence-electron chi connectivity index (χ4n) is 2.50. The van der Waals surface area contributed by atoms with Crippen molar-refractivity contribution in [3.05, 3.63) is 23.5 Å². The van der Waals surface area contributed by atoms with Crippen LogP contribution in [0.2, 0.25) is 5.02 Å². The van der Waals surface area contributed by atoms with Gasteiger partial charge in [0.2, 0.25) is 5.91 Å². The van der Waals surface area contributed by atoms with Crippen LogP contribution in [0.4, 0.5) is 5.69 Å². The van der Waals surface area contributed by atoms with E-state index in [1.165, 1.54) is 0 Å². The van der Waals surface area contributed by atoms with Gasteiger partial charge in [-0.05, 0) is 12.0 Å². The molecule has 0 radical (unpaired) electrons. The van der Waals surface area contributed by atoms with Gasteiger partial charge in [0.1, 0.15) is 0 Å². The molecule has 2 rings (SSSR count). The van der Waals surface area contributed by atoms with Crippen molar-refractivity contribution in [2.45, 2.75) is 26.3 Å². The third-order valence-corrected chi connectivity index (χ3v) is 4.52. The number of hydrogen-bond donors (Lipinski definition) is 1. The van der Waals surface area contributed by atoms with Crippen LogP contribution in [-0.2, 0) is 4.79 Å². The first-order valence-electron chi connectivity index (χ1n) is 7.43. The van der Waals surface area contributed by atoms with Gasteiger partial charge < -0.3 is 15.5 Å². The number of hydrogen-bond acceptors (Lipinski definition) is 4. The van der Waals surface area contributed by atoms with E-state index < -0.39 is 6.04 Å². The third kappa shape index (κ3) is 3.66. The summed E-state index contributed by atoms with van der Waals surface area (Å²) in [6.45, 7) is 6.98. The van der Waals surface area contributed by atoms with Crippen molar-refractivity contribution >= 4 is 23.2 Å². The molecule has 1 fully saturated rings. The molecule has 0 bridgehead atoms. The average Bonchev–Trinajstić information content (AvgIpc) is 2.53. The summed E-state index contributed by atoms with van der Waals surface area (Å²) in [5.41, 5.74) is 7.01. The maximum atomic E-state index is 12.4. The number of amides is 1. The van der Waals surface area contributed by atoms with Gasteiger partial charge in [-0.3, -0.25) is 9.78 Å². The van der Waals surface area contributed by atoms with Crippen LogP contribution < -0.4 is 10.6 Å². The summed E-state index contributed by atoms with van der Waals surface area (Å²) < 4.78 is 0. The van der Waals surface area contributed by atoms with Gasteiger partial charge in [-0.25, -0.2) is 0 Å². The van der Waals surface area contributed by atoms with Crippen LogP contribution in [0, 0.1) is 5.92 Å². The number of nitrogens with two attached hydrogens (primary N) is 1. The molecule has 2 atom stereocenters. The Hall–Kier alpha value is -1.33. The molecule has 1 aliphatic rings. The number of halogens is 1. The monoisotopic (exact) mass is 310 g/mol. The highest BCUT2D eigenvalue weighted by Crippen LogP contribution is 2.25. The van der Waals surface area contributed by atoms with Crippen LogP contribution in [0.1, 0.15) is 20.3 Å². The smallest absolute Gasteiger partial charge is 0.239 e. The molecule has 1 saturated heterocycles. The fraction of sp³-hybridized carbons (Fsp3) is 0.600. The van der Waals surface area contributed by atoms with E-state index in [9.17, 15) is 4.79 Å². The molecule has 0 aromatic carbocycles. The maximum absolute atomic E-state index is 12.4. The molecule has 0 spiro atoms. The lowest BCUT2D eigenvalue weighted by Gasteiger charge is -2.38. The van der Waals surface area contributed by atoms with Gasteiger partial charge in [-0.2, -0.15) is 0 Å². The zero-order chi connectivity index (χ0) is 15.4. The number of anilines is 1. The number of aromatic nitrogens is 1. The molecule has 0 aliphatic carbocycles. The zero-order valence-corrected chi connectivity index (χ0v) is 13.4. The number of rotatable bonds is 4. The van der Waals surface area contributed by atoms with E-state index in [4.69, 9.17) is 17.3 Å². The molecular formula is C15H23ClN4O. The van der Waals surface area contributed by atoms with Crippen molar-refractivity contribution in [3.63, 3.8) is 0 Å². The predicted octanol–water partition coefficient (Wildman–Crippen LogP) is 1.76. The Balaban J connectivity index is 1.94. The van der Waals surface area contributed by atoms with Crippen molar-refractivity contribution in [2.75, 3.05) is 31.1 Å². The fourth-order valence-corrected chi connectivity index (χ4v) is 2.74. The first kappa shape index (κ1) is 16.0. The minimum atomic E-state index is -0.397. The van der Waals surface area contributed by atoms with Gasteiger partial charge in [0, 0.05) is 38.6 Å². The SMILES string of the molecule is CCC(C)C(N)C(=O)N1CCN(c2ccncc2Cl)CC1. The molecule has 0 saturated carbocycles. The average molecular weight is 311 g/mol. The molecule has 6 heteroatoms. The Bertz CT molecular complexity index is 488. The molecule has 1 aliphatic heterocycles.